The Balaban J connectivity index is 2.12. The maximum atomic E-state index is 2.49. The average molecular weight is 379 g/mol. The normalized spacial score (nSPS) is 16.4. The van der Waals surface area contributed by atoms with Gasteiger partial charge in [-0.15, -0.1) is 0 Å². The fourth-order valence-electron chi connectivity index (χ4n) is 4.74. The molecule has 1 saturated carbocycles. The molecule has 0 radical (unpaired) electrons. The van der Waals surface area contributed by atoms with Crippen LogP contribution >= 0.6 is 0 Å². The van der Waals surface area contributed by atoms with Gasteiger partial charge in [-0.3, -0.25) is 0 Å². The Kier molecular flexibility index (Phi) is 5.76. The molecule has 152 valence electrons. The molecule has 1 aliphatic rings. The van der Waals surface area contributed by atoms with Crippen molar-refractivity contribution in [3.8, 4) is 11.3 Å². The number of nitrogens with zero attached hydrogens (tertiary/aromatic N) is 1. The summed E-state index contributed by atoms with van der Waals surface area (Å²) < 4.78 is 2.37. The molecule has 1 heterocycles. The highest BCUT2D eigenvalue weighted by Crippen LogP contribution is 2.39. The van der Waals surface area contributed by atoms with E-state index in [1.54, 1.807) is 5.56 Å². The zero-order valence-electron chi connectivity index (χ0n) is 19.4. The van der Waals surface area contributed by atoms with Crippen LogP contribution in [0.4, 0.5) is 0 Å². The Morgan fingerprint density at radius 3 is 2.04 bits per heavy atom. The van der Waals surface area contributed by atoms with E-state index >= 15 is 0 Å². The van der Waals surface area contributed by atoms with Gasteiger partial charge >= 0.3 is 0 Å². The van der Waals surface area contributed by atoms with Crippen LogP contribution in [-0.2, 0) is 17.9 Å². The summed E-state index contributed by atoms with van der Waals surface area (Å²) in [4.78, 5) is 0. The molecule has 1 aliphatic carbocycles. The average Bonchev–Trinajstić information content (AvgIpc) is 2.61. The highest BCUT2D eigenvalue weighted by atomic mass is 14.9. The number of pyridine rings is 1. The van der Waals surface area contributed by atoms with Crippen molar-refractivity contribution < 1.29 is 4.57 Å². The second-order valence-electron chi connectivity index (χ2n) is 11.0. The summed E-state index contributed by atoms with van der Waals surface area (Å²) in [6, 6.07) is 9.51. The summed E-state index contributed by atoms with van der Waals surface area (Å²) in [6.45, 7) is 16.2. The number of aromatic nitrogens is 1. The van der Waals surface area contributed by atoms with Crippen molar-refractivity contribution in [3.05, 3.63) is 52.7 Å². The fraction of sp³-hybridized carbons (Fsp3) is 0.593. The van der Waals surface area contributed by atoms with Crippen LogP contribution < -0.4 is 4.57 Å². The first-order chi connectivity index (χ1) is 13.0. The second-order valence-corrected chi connectivity index (χ2v) is 11.0. The monoisotopic (exact) mass is 378 g/mol. The molecule has 1 heteroatoms. The fourth-order valence-corrected chi connectivity index (χ4v) is 4.74. The Morgan fingerprint density at radius 1 is 0.857 bits per heavy atom. The van der Waals surface area contributed by atoms with Crippen molar-refractivity contribution in [1.82, 2.24) is 0 Å². The van der Waals surface area contributed by atoms with Crippen molar-refractivity contribution >= 4 is 0 Å². The molecular formula is C27H40N+. The molecule has 0 atom stereocenters. The predicted octanol–water partition coefficient (Wildman–Crippen LogP) is 7.13. The summed E-state index contributed by atoms with van der Waals surface area (Å²) >= 11 is 0. The van der Waals surface area contributed by atoms with E-state index in [1.165, 1.54) is 60.1 Å². The summed E-state index contributed by atoms with van der Waals surface area (Å²) in [5, 5.41) is 0. The van der Waals surface area contributed by atoms with Crippen LogP contribution in [0.1, 0.15) is 102 Å². The van der Waals surface area contributed by atoms with Gasteiger partial charge in [-0.2, -0.15) is 0 Å². The standard InChI is InChI=1S/C27H40N/c1-19-16-21(26(2,3)4)14-15-22(19)25-17-24(27(5,6)7)23(18-28(25)8)20-12-10-9-11-13-20/h14-18,20H,9-13H2,1-8H3/q+1. The lowest BCUT2D eigenvalue weighted by Gasteiger charge is -2.29. The van der Waals surface area contributed by atoms with Crippen LogP contribution in [-0.4, -0.2) is 0 Å². The quantitative estimate of drug-likeness (QED) is 0.489. The van der Waals surface area contributed by atoms with Crippen molar-refractivity contribution in [3.63, 3.8) is 0 Å². The predicted molar refractivity (Wildman–Crippen MR) is 121 cm³/mol. The van der Waals surface area contributed by atoms with Crippen LogP contribution in [0.15, 0.2) is 30.5 Å². The van der Waals surface area contributed by atoms with Gasteiger partial charge in [0, 0.05) is 17.2 Å². The lowest BCUT2D eigenvalue weighted by atomic mass is 9.76. The van der Waals surface area contributed by atoms with E-state index in [4.69, 9.17) is 0 Å². The van der Waals surface area contributed by atoms with Gasteiger partial charge in [0.1, 0.15) is 7.05 Å². The SMILES string of the molecule is Cc1cc(C(C)(C)C)ccc1-c1cc(C(C)(C)C)c(C2CCCCC2)c[n+]1C. The molecule has 0 spiro atoms. The van der Waals surface area contributed by atoms with Gasteiger partial charge in [0.25, 0.3) is 0 Å². The van der Waals surface area contributed by atoms with Crippen molar-refractivity contribution in [1.29, 1.82) is 0 Å². The van der Waals surface area contributed by atoms with E-state index in [0.29, 0.717) is 0 Å². The summed E-state index contributed by atoms with van der Waals surface area (Å²) in [7, 11) is 2.23. The van der Waals surface area contributed by atoms with Crippen molar-refractivity contribution in [2.75, 3.05) is 0 Å². The minimum atomic E-state index is 0.162. The molecule has 0 aliphatic heterocycles. The third kappa shape index (κ3) is 4.34. The summed E-state index contributed by atoms with van der Waals surface area (Å²) in [5.41, 5.74) is 8.94. The molecule has 0 unspecified atom stereocenters. The Hall–Kier alpha value is -1.63. The number of aryl methyl sites for hydroxylation is 2. The first kappa shape index (κ1) is 21.1. The minimum absolute atomic E-state index is 0.162. The minimum Gasteiger partial charge on any atom is -0.201 e. The van der Waals surface area contributed by atoms with E-state index in [0.717, 1.165) is 5.92 Å². The molecule has 0 N–H and O–H groups in total. The Morgan fingerprint density at radius 2 is 1.50 bits per heavy atom. The molecule has 1 nitrogen and oxygen atoms in total. The van der Waals surface area contributed by atoms with Crippen LogP contribution in [0, 0.1) is 6.92 Å². The maximum Gasteiger partial charge on any atom is 0.212 e. The molecular weight excluding hydrogens is 338 g/mol. The first-order valence-corrected chi connectivity index (χ1v) is 11.1. The van der Waals surface area contributed by atoms with E-state index in [2.05, 4.69) is 90.5 Å². The summed E-state index contributed by atoms with van der Waals surface area (Å²) in [6.07, 6.45) is 9.32. The summed E-state index contributed by atoms with van der Waals surface area (Å²) in [5.74, 6) is 0.729. The Bertz CT molecular complexity index is 840. The van der Waals surface area contributed by atoms with Crippen LogP contribution in [0.3, 0.4) is 0 Å². The maximum absolute atomic E-state index is 2.49. The van der Waals surface area contributed by atoms with Gasteiger partial charge in [0.15, 0.2) is 6.20 Å². The van der Waals surface area contributed by atoms with Gasteiger partial charge in [0.2, 0.25) is 5.69 Å². The number of benzene rings is 1. The lowest BCUT2D eigenvalue weighted by molar-refractivity contribution is -0.661. The number of hydrogen-bond donors (Lipinski definition) is 0. The zero-order valence-corrected chi connectivity index (χ0v) is 19.4. The van der Waals surface area contributed by atoms with E-state index < -0.39 is 0 Å². The van der Waals surface area contributed by atoms with Crippen LogP contribution in [0.25, 0.3) is 11.3 Å². The van der Waals surface area contributed by atoms with Gasteiger partial charge in [0.05, 0.1) is 0 Å². The largest absolute Gasteiger partial charge is 0.212 e. The molecule has 0 saturated heterocycles. The van der Waals surface area contributed by atoms with E-state index in [1.807, 2.05) is 0 Å². The van der Waals surface area contributed by atoms with Gasteiger partial charge in [-0.05, 0) is 59.3 Å². The second kappa shape index (κ2) is 7.65. The number of rotatable bonds is 2. The van der Waals surface area contributed by atoms with Gasteiger partial charge < -0.3 is 0 Å². The molecule has 1 aromatic carbocycles. The van der Waals surface area contributed by atoms with E-state index in [-0.39, 0.29) is 10.8 Å². The zero-order chi connectivity index (χ0) is 20.7. The van der Waals surface area contributed by atoms with Crippen LogP contribution in [0.5, 0.6) is 0 Å². The molecule has 28 heavy (non-hydrogen) atoms. The third-order valence-electron chi connectivity index (χ3n) is 6.53. The van der Waals surface area contributed by atoms with Gasteiger partial charge in [-0.1, -0.05) is 72.9 Å². The molecule has 3 rings (SSSR count). The molecule has 1 aromatic heterocycles. The van der Waals surface area contributed by atoms with E-state index in [9.17, 15) is 0 Å². The molecule has 1 fully saturated rings. The van der Waals surface area contributed by atoms with Crippen molar-refractivity contribution in [2.45, 2.75) is 97.3 Å². The van der Waals surface area contributed by atoms with Gasteiger partial charge in [-0.25, -0.2) is 4.57 Å². The lowest BCUT2D eigenvalue weighted by Crippen LogP contribution is -2.34. The smallest absolute Gasteiger partial charge is 0.201 e. The molecule has 0 bridgehead atoms. The van der Waals surface area contributed by atoms with Crippen molar-refractivity contribution in [2.24, 2.45) is 7.05 Å². The molecule has 0 amide bonds. The topological polar surface area (TPSA) is 3.88 Å². The molecule has 2 aromatic rings. The highest BCUT2D eigenvalue weighted by Gasteiger charge is 2.29. The Labute approximate surface area is 173 Å². The number of hydrogen-bond acceptors (Lipinski definition) is 0. The first-order valence-electron chi connectivity index (χ1n) is 11.1. The third-order valence-corrected chi connectivity index (χ3v) is 6.53. The highest BCUT2D eigenvalue weighted by molar-refractivity contribution is 5.63. The van der Waals surface area contributed by atoms with Crippen LogP contribution in [0.2, 0.25) is 0 Å².